The Labute approximate surface area is 230 Å². The molecule has 6 rings (SSSR count). The minimum Gasteiger partial charge on any atom is -0.486 e. The van der Waals surface area contributed by atoms with Crippen molar-refractivity contribution in [3.63, 3.8) is 0 Å². The number of nitrogens with two attached hydrogens (primary N) is 1. The molecule has 10 nitrogen and oxygen atoms in total. The molecule has 2 aromatic carbocycles. The highest BCUT2D eigenvalue weighted by Gasteiger charge is 2.24. The number of benzene rings is 2. The molecule has 0 saturated carbocycles. The Bertz CT molecular complexity index is 1720. The summed E-state index contributed by atoms with van der Waals surface area (Å²) in [6.07, 6.45) is 2.49. The van der Waals surface area contributed by atoms with Gasteiger partial charge in [-0.3, -0.25) is 9.59 Å². The lowest BCUT2D eigenvalue weighted by atomic mass is 10.1. The number of ether oxygens (including phenoxy) is 2. The number of amides is 2. The fourth-order valence-corrected chi connectivity index (χ4v) is 4.85. The third kappa shape index (κ3) is 5.05. The van der Waals surface area contributed by atoms with Crippen molar-refractivity contribution in [1.29, 1.82) is 0 Å². The van der Waals surface area contributed by atoms with Gasteiger partial charge in [0.25, 0.3) is 5.91 Å². The first-order valence-electron chi connectivity index (χ1n) is 12.8. The van der Waals surface area contributed by atoms with Crippen molar-refractivity contribution in [2.45, 2.75) is 12.8 Å². The van der Waals surface area contributed by atoms with Crippen molar-refractivity contribution in [2.75, 3.05) is 30.8 Å². The fourth-order valence-electron chi connectivity index (χ4n) is 4.85. The van der Waals surface area contributed by atoms with Gasteiger partial charge in [0.05, 0.1) is 23.2 Å². The molecule has 0 unspecified atom stereocenters. The van der Waals surface area contributed by atoms with Gasteiger partial charge in [-0.15, -0.1) is 0 Å². The van der Waals surface area contributed by atoms with E-state index in [-0.39, 0.29) is 24.2 Å². The van der Waals surface area contributed by atoms with Crippen molar-refractivity contribution in [1.82, 2.24) is 19.9 Å². The Morgan fingerprint density at radius 1 is 1.12 bits per heavy atom. The zero-order valence-corrected chi connectivity index (χ0v) is 21.8. The van der Waals surface area contributed by atoms with Crippen LogP contribution in [0.25, 0.3) is 11.4 Å². The Kier molecular flexibility index (Phi) is 6.54. The summed E-state index contributed by atoms with van der Waals surface area (Å²) in [6.45, 7) is 1.58. The number of rotatable bonds is 4. The highest BCUT2D eigenvalue weighted by atomic mass is 16.6. The first-order valence-corrected chi connectivity index (χ1v) is 12.8. The number of hydrogen-bond acceptors (Lipinski definition) is 7. The van der Waals surface area contributed by atoms with Crippen LogP contribution in [0.3, 0.4) is 0 Å². The Hall–Kier alpha value is -5.30. The summed E-state index contributed by atoms with van der Waals surface area (Å²) < 4.78 is 13.1. The number of nitrogens with one attached hydrogen (secondary N) is 2. The largest absolute Gasteiger partial charge is 0.486 e. The fraction of sp³-hybridized carbons (Fsp3) is 0.200. The second-order valence-corrected chi connectivity index (χ2v) is 9.48. The van der Waals surface area contributed by atoms with Crippen LogP contribution in [0.4, 0.5) is 11.6 Å². The maximum Gasteiger partial charge on any atom is 0.253 e. The van der Waals surface area contributed by atoms with Gasteiger partial charge in [-0.1, -0.05) is 24.0 Å². The quantitative estimate of drug-likeness (QED) is 0.343. The lowest BCUT2D eigenvalue weighted by Crippen LogP contribution is -2.31. The van der Waals surface area contributed by atoms with E-state index in [0.29, 0.717) is 53.8 Å². The Morgan fingerprint density at radius 3 is 2.83 bits per heavy atom. The van der Waals surface area contributed by atoms with E-state index in [1.54, 1.807) is 24.4 Å². The van der Waals surface area contributed by atoms with Crippen LogP contribution in [-0.2, 0) is 24.7 Å². The predicted molar refractivity (Wildman–Crippen MR) is 149 cm³/mol. The third-order valence-corrected chi connectivity index (χ3v) is 6.76. The molecule has 0 saturated heterocycles. The molecule has 10 heteroatoms. The van der Waals surface area contributed by atoms with Crippen LogP contribution < -0.4 is 25.8 Å². The van der Waals surface area contributed by atoms with E-state index < -0.39 is 0 Å². The zero-order valence-electron chi connectivity index (χ0n) is 21.8. The number of aromatic nitrogens is 3. The van der Waals surface area contributed by atoms with Crippen molar-refractivity contribution >= 4 is 23.5 Å². The highest BCUT2D eigenvalue weighted by molar-refractivity contribution is 5.98. The standard InChI is InChI=1S/C30H26N6O4/c1-36-23-9-10-32-29(38)22(23)16-24(36)28-20(17-33-30(31)35-28)6-5-18-3-2-4-19(13-18)14-27(37)34-21-7-8-25-26(15-21)40-12-11-39-25/h2-4,7-8,13,15-17H,9-12,14H2,1H3,(H,32,38)(H,34,37)(H2,31,33,35). The summed E-state index contributed by atoms with van der Waals surface area (Å²) in [6, 6.07) is 14.6. The van der Waals surface area contributed by atoms with Gasteiger partial charge in [0.1, 0.15) is 18.9 Å². The monoisotopic (exact) mass is 534 g/mol. The summed E-state index contributed by atoms with van der Waals surface area (Å²) in [5.41, 5.74) is 11.5. The van der Waals surface area contributed by atoms with Crippen LogP contribution in [0.5, 0.6) is 11.5 Å². The topological polar surface area (TPSA) is 133 Å². The molecule has 2 aromatic heterocycles. The van der Waals surface area contributed by atoms with E-state index in [1.165, 1.54) is 0 Å². The molecular formula is C30H26N6O4. The van der Waals surface area contributed by atoms with E-state index in [4.69, 9.17) is 15.2 Å². The van der Waals surface area contributed by atoms with Gasteiger partial charge in [0.2, 0.25) is 11.9 Å². The van der Waals surface area contributed by atoms with Gasteiger partial charge in [-0.25, -0.2) is 9.97 Å². The summed E-state index contributed by atoms with van der Waals surface area (Å²) in [7, 11) is 1.90. The highest BCUT2D eigenvalue weighted by Crippen LogP contribution is 2.32. The second kappa shape index (κ2) is 10.5. The van der Waals surface area contributed by atoms with E-state index in [9.17, 15) is 9.59 Å². The van der Waals surface area contributed by atoms with E-state index in [1.807, 2.05) is 41.9 Å². The maximum atomic E-state index is 12.7. The van der Waals surface area contributed by atoms with Gasteiger partial charge in [0.15, 0.2) is 11.5 Å². The second-order valence-electron chi connectivity index (χ2n) is 9.48. The number of hydrogen-bond donors (Lipinski definition) is 3. The molecule has 2 aliphatic heterocycles. The zero-order chi connectivity index (χ0) is 27.6. The van der Waals surface area contributed by atoms with Crippen LogP contribution in [-0.4, -0.2) is 46.1 Å². The number of carbonyl (C=O) groups is 2. The van der Waals surface area contributed by atoms with E-state index >= 15 is 0 Å². The molecule has 200 valence electrons. The lowest BCUT2D eigenvalue weighted by molar-refractivity contribution is -0.115. The summed E-state index contributed by atoms with van der Waals surface area (Å²) in [5.74, 6) is 7.45. The van der Waals surface area contributed by atoms with Crippen LogP contribution >= 0.6 is 0 Å². The molecule has 0 aliphatic carbocycles. The van der Waals surface area contributed by atoms with E-state index in [0.717, 1.165) is 28.9 Å². The first kappa shape index (κ1) is 25.0. The normalized spacial score (nSPS) is 13.5. The predicted octanol–water partition coefficient (Wildman–Crippen LogP) is 2.70. The molecule has 4 heterocycles. The average Bonchev–Trinajstić information content (AvgIpc) is 3.30. The third-order valence-electron chi connectivity index (χ3n) is 6.76. The van der Waals surface area contributed by atoms with Gasteiger partial charge in [-0.05, 0) is 35.9 Å². The first-order chi connectivity index (χ1) is 19.4. The molecule has 4 N–H and O–H groups in total. The molecule has 0 atom stereocenters. The lowest BCUT2D eigenvalue weighted by Gasteiger charge is -2.19. The van der Waals surface area contributed by atoms with Gasteiger partial charge in [-0.2, -0.15) is 0 Å². The summed E-state index contributed by atoms with van der Waals surface area (Å²) in [5, 5.41) is 5.78. The van der Waals surface area contributed by atoms with E-state index in [2.05, 4.69) is 32.4 Å². The SMILES string of the molecule is Cn1c(-c2nc(N)ncc2C#Cc2cccc(CC(=O)Nc3ccc4c(c3)OCCO4)c2)cc2c1CCNC2=O. The Morgan fingerprint density at radius 2 is 1.98 bits per heavy atom. The Balaban J connectivity index is 1.22. The molecule has 4 aromatic rings. The van der Waals surface area contributed by atoms with Crippen molar-refractivity contribution in [2.24, 2.45) is 7.05 Å². The van der Waals surface area contributed by atoms with Crippen molar-refractivity contribution in [3.05, 3.63) is 82.7 Å². The minimum atomic E-state index is -0.160. The minimum absolute atomic E-state index is 0.104. The van der Waals surface area contributed by atoms with Crippen LogP contribution in [0.1, 0.15) is 32.7 Å². The van der Waals surface area contributed by atoms with Crippen LogP contribution in [0.15, 0.2) is 54.7 Å². The molecule has 0 fully saturated rings. The molecule has 2 aliphatic rings. The van der Waals surface area contributed by atoms with Gasteiger partial charge < -0.3 is 30.4 Å². The van der Waals surface area contributed by atoms with Crippen LogP contribution in [0.2, 0.25) is 0 Å². The molecule has 0 radical (unpaired) electrons. The van der Waals surface area contributed by atoms with Gasteiger partial charge >= 0.3 is 0 Å². The molecule has 40 heavy (non-hydrogen) atoms. The van der Waals surface area contributed by atoms with Crippen molar-refractivity contribution < 1.29 is 19.1 Å². The van der Waals surface area contributed by atoms with Crippen molar-refractivity contribution in [3.8, 4) is 34.7 Å². The molecule has 2 amide bonds. The number of anilines is 2. The average molecular weight is 535 g/mol. The summed E-state index contributed by atoms with van der Waals surface area (Å²) >= 11 is 0. The van der Waals surface area contributed by atoms with Crippen LogP contribution in [0, 0.1) is 11.8 Å². The maximum absolute atomic E-state index is 12.7. The summed E-state index contributed by atoms with van der Waals surface area (Å²) in [4.78, 5) is 33.7. The molecule has 0 bridgehead atoms. The van der Waals surface area contributed by atoms with Gasteiger partial charge in [0, 0.05) is 49.2 Å². The number of nitrogens with zero attached hydrogens (tertiary/aromatic N) is 3. The number of fused-ring (bicyclic) bond motifs is 2. The molecule has 0 spiro atoms. The number of carbonyl (C=O) groups excluding carboxylic acids is 2. The molecular weight excluding hydrogens is 508 g/mol. The number of nitrogen functional groups attached to an aromatic ring is 1. The smallest absolute Gasteiger partial charge is 0.253 e.